The number of aromatic nitrogens is 2. The van der Waals surface area contributed by atoms with E-state index in [9.17, 15) is 0 Å². The molecule has 1 heterocycles. The van der Waals surface area contributed by atoms with Crippen molar-refractivity contribution >= 4 is 46.3 Å². The topological polar surface area (TPSA) is 64.2 Å². The van der Waals surface area contributed by atoms with Gasteiger partial charge in [0.1, 0.15) is 16.4 Å². The van der Waals surface area contributed by atoms with Gasteiger partial charge in [-0.2, -0.15) is 0 Å². The van der Waals surface area contributed by atoms with E-state index in [1.807, 2.05) is 6.92 Å². The highest BCUT2D eigenvalue weighted by Crippen LogP contribution is 2.33. The molecule has 0 bridgehead atoms. The molecule has 2 rings (SSSR count). The Morgan fingerprint density at radius 2 is 2.00 bits per heavy atom. The number of hydrogen-bond donors (Lipinski definition) is 1. The summed E-state index contributed by atoms with van der Waals surface area (Å²) in [7, 11) is 0. The second kappa shape index (κ2) is 5.00. The van der Waals surface area contributed by atoms with Gasteiger partial charge in [-0.15, -0.1) is 5.10 Å². The molecule has 0 spiro atoms. The number of benzene rings is 1. The van der Waals surface area contributed by atoms with Crippen LogP contribution in [0.3, 0.4) is 0 Å². The van der Waals surface area contributed by atoms with Gasteiger partial charge in [-0.25, -0.2) is 4.99 Å². The quantitative estimate of drug-likeness (QED) is 0.681. The molecule has 0 radical (unpaired) electrons. The first-order valence-electron chi connectivity index (χ1n) is 4.67. The van der Waals surface area contributed by atoms with Gasteiger partial charge in [0, 0.05) is 0 Å². The summed E-state index contributed by atoms with van der Waals surface area (Å²) in [6.45, 7) is 1.81. The molecule has 1 aromatic carbocycles. The fourth-order valence-corrected chi connectivity index (χ4v) is 2.27. The predicted octanol–water partition coefficient (Wildman–Crippen LogP) is 3.19. The number of nitrogens with two attached hydrogens (primary N) is 1. The van der Waals surface area contributed by atoms with E-state index in [2.05, 4.69) is 14.6 Å². The fraction of sp³-hybridized carbons (Fsp3) is 0.100. The van der Waals surface area contributed by atoms with Crippen LogP contribution in [0.25, 0.3) is 0 Å². The van der Waals surface area contributed by atoms with Crippen molar-refractivity contribution in [1.82, 2.24) is 9.59 Å². The van der Waals surface area contributed by atoms with Gasteiger partial charge >= 0.3 is 0 Å². The Hall–Kier alpha value is -1.17. The summed E-state index contributed by atoms with van der Waals surface area (Å²) in [5.41, 5.74) is 7.07. The van der Waals surface area contributed by atoms with Crippen LogP contribution in [-0.4, -0.2) is 15.4 Å². The third-order valence-electron chi connectivity index (χ3n) is 2.05. The Labute approximate surface area is 112 Å². The standard InChI is InChI=1S/C10H8Cl2N4S/c1-5-9(17-16-15-5)10(13)14-8-6(11)3-2-4-7(8)12/h2-4H,1H3,(H2,13,14). The van der Waals surface area contributed by atoms with Gasteiger partial charge in [-0.05, 0) is 30.6 Å². The van der Waals surface area contributed by atoms with Crippen molar-refractivity contribution in [2.24, 2.45) is 10.7 Å². The van der Waals surface area contributed by atoms with E-state index in [-0.39, 0.29) is 0 Å². The average molecular weight is 287 g/mol. The zero-order valence-electron chi connectivity index (χ0n) is 8.82. The minimum Gasteiger partial charge on any atom is -0.382 e. The molecular formula is C10H8Cl2N4S. The van der Waals surface area contributed by atoms with E-state index in [0.717, 1.165) is 10.6 Å². The molecule has 2 N–H and O–H groups in total. The van der Waals surface area contributed by atoms with Crippen LogP contribution in [0.5, 0.6) is 0 Å². The van der Waals surface area contributed by atoms with Gasteiger partial charge in [-0.3, -0.25) is 0 Å². The Bertz CT molecular complexity index is 559. The first-order valence-corrected chi connectivity index (χ1v) is 6.20. The molecule has 0 unspecified atom stereocenters. The van der Waals surface area contributed by atoms with Crippen molar-refractivity contribution in [3.8, 4) is 0 Å². The van der Waals surface area contributed by atoms with Crippen molar-refractivity contribution < 1.29 is 0 Å². The summed E-state index contributed by atoms with van der Waals surface area (Å²) in [6.07, 6.45) is 0. The summed E-state index contributed by atoms with van der Waals surface area (Å²) in [4.78, 5) is 4.95. The first-order chi connectivity index (χ1) is 8.09. The number of hydrogen-bond acceptors (Lipinski definition) is 4. The lowest BCUT2D eigenvalue weighted by Crippen LogP contribution is -2.12. The number of nitrogens with zero attached hydrogens (tertiary/aromatic N) is 3. The maximum absolute atomic E-state index is 6.00. The Balaban J connectivity index is 2.47. The summed E-state index contributed by atoms with van der Waals surface area (Å²) in [5, 5.41) is 4.77. The van der Waals surface area contributed by atoms with E-state index in [4.69, 9.17) is 28.9 Å². The van der Waals surface area contributed by atoms with E-state index >= 15 is 0 Å². The van der Waals surface area contributed by atoms with Crippen LogP contribution in [0, 0.1) is 6.92 Å². The minimum absolute atomic E-state index is 0.312. The third-order valence-corrected chi connectivity index (χ3v) is 3.51. The third kappa shape index (κ3) is 2.57. The van der Waals surface area contributed by atoms with Crippen LogP contribution in [0.2, 0.25) is 10.0 Å². The van der Waals surface area contributed by atoms with Crippen molar-refractivity contribution in [1.29, 1.82) is 0 Å². The lowest BCUT2D eigenvalue weighted by molar-refractivity contribution is 1.09. The Morgan fingerprint density at radius 1 is 1.35 bits per heavy atom. The van der Waals surface area contributed by atoms with E-state index in [1.54, 1.807) is 18.2 Å². The van der Waals surface area contributed by atoms with Gasteiger partial charge in [0.2, 0.25) is 0 Å². The van der Waals surface area contributed by atoms with Crippen molar-refractivity contribution in [2.75, 3.05) is 0 Å². The maximum Gasteiger partial charge on any atom is 0.145 e. The van der Waals surface area contributed by atoms with Gasteiger partial charge in [-0.1, -0.05) is 33.8 Å². The Morgan fingerprint density at radius 3 is 2.53 bits per heavy atom. The lowest BCUT2D eigenvalue weighted by atomic mass is 10.3. The van der Waals surface area contributed by atoms with E-state index < -0.39 is 0 Å². The number of rotatable bonds is 2. The molecule has 2 aromatic rings. The second-order valence-electron chi connectivity index (χ2n) is 3.25. The molecular weight excluding hydrogens is 279 g/mol. The summed E-state index contributed by atoms with van der Waals surface area (Å²) >= 11 is 13.2. The van der Waals surface area contributed by atoms with Crippen LogP contribution in [-0.2, 0) is 0 Å². The SMILES string of the molecule is Cc1nnsc1C(N)=Nc1c(Cl)cccc1Cl. The zero-order chi connectivity index (χ0) is 12.4. The molecule has 0 atom stereocenters. The van der Waals surface area contributed by atoms with Crippen molar-refractivity contribution in [3.63, 3.8) is 0 Å². The number of amidine groups is 1. The van der Waals surface area contributed by atoms with Gasteiger partial charge in [0.25, 0.3) is 0 Å². The van der Waals surface area contributed by atoms with E-state index in [1.165, 1.54) is 11.5 Å². The molecule has 7 heteroatoms. The van der Waals surface area contributed by atoms with Gasteiger partial charge in [0.05, 0.1) is 15.7 Å². The van der Waals surface area contributed by atoms with Crippen molar-refractivity contribution in [2.45, 2.75) is 6.92 Å². The van der Waals surface area contributed by atoms with Crippen LogP contribution in [0.15, 0.2) is 23.2 Å². The molecule has 0 aliphatic carbocycles. The van der Waals surface area contributed by atoms with Crippen LogP contribution >= 0.6 is 34.7 Å². The zero-order valence-corrected chi connectivity index (χ0v) is 11.1. The van der Waals surface area contributed by atoms with Crippen LogP contribution in [0.1, 0.15) is 10.6 Å². The Kier molecular flexibility index (Phi) is 3.61. The summed E-state index contributed by atoms with van der Waals surface area (Å²) in [5.74, 6) is 0.312. The monoisotopic (exact) mass is 286 g/mol. The predicted molar refractivity (Wildman–Crippen MR) is 71.5 cm³/mol. The van der Waals surface area contributed by atoms with Crippen LogP contribution in [0.4, 0.5) is 5.69 Å². The largest absolute Gasteiger partial charge is 0.382 e. The van der Waals surface area contributed by atoms with Crippen LogP contribution < -0.4 is 5.73 Å². The van der Waals surface area contributed by atoms with Gasteiger partial charge < -0.3 is 5.73 Å². The molecule has 0 amide bonds. The molecule has 0 aliphatic heterocycles. The lowest BCUT2D eigenvalue weighted by Gasteiger charge is -2.02. The number of aliphatic imine (C=N–C) groups is 1. The molecule has 88 valence electrons. The summed E-state index contributed by atoms with van der Waals surface area (Å²) in [6, 6.07) is 5.16. The molecule has 4 nitrogen and oxygen atoms in total. The molecule has 17 heavy (non-hydrogen) atoms. The first kappa shape index (κ1) is 12.3. The molecule has 0 fully saturated rings. The van der Waals surface area contributed by atoms with E-state index in [0.29, 0.717) is 21.6 Å². The van der Waals surface area contributed by atoms with Crippen molar-refractivity contribution in [3.05, 3.63) is 38.8 Å². The highest BCUT2D eigenvalue weighted by Gasteiger charge is 2.10. The highest BCUT2D eigenvalue weighted by atomic mass is 35.5. The molecule has 0 saturated carbocycles. The van der Waals surface area contributed by atoms with Gasteiger partial charge in [0.15, 0.2) is 0 Å². The molecule has 1 aromatic heterocycles. The number of halogens is 2. The second-order valence-corrected chi connectivity index (χ2v) is 4.82. The smallest absolute Gasteiger partial charge is 0.145 e. The minimum atomic E-state index is 0.312. The average Bonchev–Trinajstić information content (AvgIpc) is 2.70. The number of para-hydroxylation sites is 1. The molecule has 0 aliphatic rings. The summed E-state index contributed by atoms with van der Waals surface area (Å²) < 4.78 is 3.79. The molecule has 0 saturated heterocycles. The fourth-order valence-electron chi connectivity index (χ4n) is 1.23. The highest BCUT2D eigenvalue weighted by molar-refractivity contribution is 7.08. The number of aryl methyl sites for hydroxylation is 1. The normalized spacial score (nSPS) is 11.8. The maximum atomic E-state index is 6.00.